The maximum absolute atomic E-state index is 13.7. The van der Waals surface area contributed by atoms with E-state index in [1.807, 2.05) is 10.3 Å². The van der Waals surface area contributed by atoms with E-state index in [4.69, 9.17) is 0 Å². The summed E-state index contributed by atoms with van der Waals surface area (Å²) in [6, 6.07) is 9.36. The van der Waals surface area contributed by atoms with Crippen LogP contribution in [-0.4, -0.2) is 53.4 Å². The van der Waals surface area contributed by atoms with Crippen molar-refractivity contribution in [3.8, 4) is 11.3 Å². The Kier molecular flexibility index (Phi) is 6.64. The molecule has 1 aliphatic heterocycles. The number of benzene rings is 2. The minimum atomic E-state index is -0.790. The van der Waals surface area contributed by atoms with E-state index < -0.39 is 11.6 Å². The molecule has 1 fully saturated rings. The lowest BCUT2D eigenvalue weighted by molar-refractivity contribution is -0.117. The monoisotopic (exact) mass is 446 g/mol. The maximum Gasteiger partial charge on any atom is 0.238 e. The fourth-order valence-electron chi connectivity index (χ4n) is 3.42. The van der Waals surface area contributed by atoms with Crippen LogP contribution in [0.5, 0.6) is 0 Å². The van der Waals surface area contributed by atoms with Crippen molar-refractivity contribution >= 4 is 22.9 Å². The van der Waals surface area contributed by atoms with Gasteiger partial charge in [-0.3, -0.25) is 14.6 Å². The SMILES string of the molecule is O=C(CN1CCN(Cc2nc(-c3ccc(F)cc3)cs2)CC1)Nc1ccc(F)cc1F. The van der Waals surface area contributed by atoms with Gasteiger partial charge < -0.3 is 5.32 Å². The average Bonchev–Trinajstić information content (AvgIpc) is 3.20. The van der Waals surface area contributed by atoms with Crippen LogP contribution in [0.3, 0.4) is 0 Å². The topological polar surface area (TPSA) is 48.5 Å². The average molecular weight is 446 g/mol. The molecule has 1 aliphatic rings. The number of rotatable bonds is 6. The molecule has 2 aromatic carbocycles. The highest BCUT2D eigenvalue weighted by Gasteiger charge is 2.20. The van der Waals surface area contributed by atoms with E-state index in [0.29, 0.717) is 19.6 Å². The van der Waals surface area contributed by atoms with Gasteiger partial charge >= 0.3 is 0 Å². The van der Waals surface area contributed by atoms with Crippen LogP contribution in [0.4, 0.5) is 18.9 Å². The molecule has 31 heavy (non-hydrogen) atoms. The largest absolute Gasteiger partial charge is 0.322 e. The number of carbonyl (C=O) groups excluding carboxylic acids is 1. The van der Waals surface area contributed by atoms with Crippen LogP contribution >= 0.6 is 11.3 Å². The van der Waals surface area contributed by atoms with Crippen LogP contribution in [0, 0.1) is 17.5 Å². The molecule has 4 rings (SSSR count). The van der Waals surface area contributed by atoms with Crippen molar-refractivity contribution in [1.29, 1.82) is 0 Å². The summed E-state index contributed by atoms with van der Waals surface area (Å²) in [6.45, 7) is 3.83. The number of halogens is 3. The molecule has 1 aromatic heterocycles. The number of nitrogens with one attached hydrogen (secondary N) is 1. The standard InChI is InChI=1S/C22H21F3N4OS/c23-16-3-1-15(2-4-16)20-14-31-22(27-20)13-29-9-7-28(8-10-29)12-21(30)26-19-6-5-17(24)11-18(19)25/h1-6,11,14H,7-10,12-13H2,(H,26,30). The van der Waals surface area contributed by atoms with Crippen LogP contribution in [0.2, 0.25) is 0 Å². The number of carbonyl (C=O) groups is 1. The van der Waals surface area contributed by atoms with Crippen molar-refractivity contribution in [3.63, 3.8) is 0 Å². The van der Waals surface area contributed by atoms with Gasteiger partial charge in [-0.2, -0.15) is 0 Å². The van der Waals surface area contributed by atoms with Crippen molar-refractivity contribution in [2.45, 2.75) is 6.54 Å². The number of hydrogen-bond acceptors (Lipinski definition) is 5. The molecule has 0 saturated carbocycles. The summed E-state index contributed by atoms with van der Waals surface area (Å²) in [5.74, 6) is -2.07. The quantitative estimate of drug-likeness (QED) is 0.622. The summed E-state index contributed by atoms with van der Waals surface area (Å²) in [4.78, 5) is 21.1. The number of piperazine rings is 1. The zero-order valence-electron chi connectivity index (χ0n) is 16.7. The van der Waals surface area contributed by atoms with Crippen LogP contribution in [-0.2, 0) is 11.3 Å². The zero-order chi connectivity index (χ0) is 21.8. The summed E-state index contributed by atoms with van der Waals surface area (Å²) in [5, 5.41) is 5.44. The Labute approximate surface area is 182 Å². The van der Waals surface area contributed by atoms with Crippen molar-refractivity contribution in [3.05, 3.63) is 70.3 Å². The zero-order valence-corrected chi connectivity index (χ0v) is 17.5. The minimum absolute atomic E-state index is 0.0224. The first kappa shape index (κ1) is 21.5. The lowest BCUT2D eigenvalue weighted by Gasteiger charge is -2.33. The molecule has 1 saturated heterocycles. The molecule has 9 heteroatoms. The smallest absolute Gasteiger partial charge is 0.238 e. The first-order valence-corrected chi connectivity index (χ1v) is 10.7. The van der Waals surface area contributed by atoms with E-state index >= 15 is 0 Å². The Balaban J connectivity index is 1.24. The molecule has 2 heterocycles. The molecule has 0 aliphatic carbocycles. The van der Waals surface area contributed by atoms with Gasteiger partial charge in [0.25, 0.3) is 0 Å². The van der Waals surface area contributed by atoms with E-state index in [2.05, 4.69) is 15.2 Å². The summed E-state index contributed by atoms with van der Waals surface area (Å²) in [7, 11) is 0. The van der Waals surface area contributed by atoms with Gasteiger partial charge in [0.05, 0.1) is 24.5 Å². The second kappa shape index (κ2) is 9.59. The molecule has 0 atom stereocenters. The highest BCUT2D eigenvalue weighted by atomic mass is 32.1. The second-order valence-electron chi connectivity index (χ2n) is 7.36. The normalized spacial score (nSPS) is 15.2. The molecular formula is C22H21F3N4OS. The first-order chi connectivity index (χ1) is 15.0. The molecule has 1 N–H and O–H groups in total. The number of thiazole rings is 1. The second-order valence-corrected chi connectivity index (χ2v) is 8.30. The first-order valence-electron chi connectivity index (χ1n) is 9.86. The number of aromatic nitrogens is 1. The maximum atomic E-state index is 13.7. The van der Waals surface area contributed by atoms with E-state index in [-0.39, 0.29) is 24.0 Å². The Morgan fingerprint density at radius 1 is 0.968 bits per heavy atom. The van der Waals surface area contributed by atoms with Crippen LogP contribution in [0.1, 0.15) is 5.01 Å². The molecule has 5 nitrogen and oxygen atoms in total. The Morgan fingerprint density at radius 3 is 2.35 bits per heavy atom. The lowest BCUT2D eigenvalue weighted by Crippen LogP contribution is -2.48. The molecule has 1 amide bonds. The summed E-state index contributed by atoms with van der Waals surface area (Å²) >= 11 is 1.57. The molecule has 0 spiro atoms. The predicted molar refractivity (Wildman–Crippen MR) is 114 cm³/mol. The number of nitrogens with zero attached hydrogens (tertiary/aromatic N) is 3. The van der Waals surface area contributed by atoms with Crippen molar-refractivity contribution in [1.82, 2.24) is 14.8 Å². The number of anilines is 1. The molecule has 0 bridgehead atoms. The van der Waals surface area contributed by atoms with Gasteiger partial charge in [0.2, 0.25) is 5.91 Å². The molecule has 3 aromatic rings. The van der Waals surface area contributed by atoms with Crippen molar-refractivity contribution < 1.29 is 18.0 Å². The van der Waals surface area contributed by atoms with Gasteiger partial charge in [-0.25, -0.2) is 18.2 Å². The molecule has 0 radical (unpaired) electrons. The Hall–Kier alpha value is -2.75. The van der Waals surface area contributed by atoms with Gasteiger partial charge in [0.1, 0.15) is 22.5 Å². The Bertz CT molecular complexity index is 1050. The van der Waals surface area contributed by atoms with E-state index in [1.165, 1.54) is 18.2 Å². The summed E-state index contributed by atoms with van der Waals surface area (Å²) < 4.78 is 39.7. The number of hydrogen-bond donors (Lipinski definition) is 1. The molecule has 162 valence electrons. The molecular weight excluding hydrogens is 425 g/mol. The number of amides is 1. The predicted octanol–water partition coefficient (Wildman–Crippen LogP) is 3.98. The van der Waals surface area contributed by atoms with Crippen LogP contribution in [0.15, 0.2) is 47.8 Å². The minimum Gasteiger partial charge on any atom is -0.322 e. The van der Waals surface area contributed by atoms with Gasteiger partial charge in [-0.1, -0.05) is 0 Å². The summed E-state index contributed by atoms with van der Waals surface area (Å²) in [6.07, 6.45) is 0. The van der Waals surface area contributed by atoms with Gasteiger partial charge in [0, 0.05) is 43.2 Å². The van der Waals surface area contributed by atoms with Gasteiger partial charge in [0.15, 0.2) is 0 Å². The molecule has 0 unspecified atom stereocenters. The highest BCUT2D eigenvalue weighted by Crippen LogP contribution is 2.23. The van der Waals surface area contributed by atoms with Crippen molar-refractivity contribution in [2.75, 3.05) is 38.0 Å². The van der Waals surface area contributed by atoms with Gasteiger partial charge in [-0.05, 0) is 36.4 Å². The third kappa shape index (κ3) is 5.69. The van der Waals surface area contributed by atoms with Crippen LogP contribution < -0.4 is 5.32 Å². The van der Waals surface area contributed by atoms with E-state index in [1.54, 1.807) is 23.5 Å². The fraction of sp³-hybridized carbons (Fsp3) is 0.273. The third-order valence-electron chi connectivity index (χ3n) is 5.09. The van der Waals surface area contributed by atoms with E-state index in [0.717, 1.165) is 41.5 Å². The van der Waals surface area contributed by atoms with Crippen LogP contribution in [0.25, 0.3) is 11.3 Å². The highest BCUT2D eigenvalue weighted by molar-refractivity contribution is 7.09. The summed E-state index contributed by atoms with van der Waals surface area (Å²) in [5.41, 5.74) is 1.70. The van der Waals surface area contributed by atoms with Gasteiger partial charge in [-0.15, -0.1) is 11.3 Å². The third-order valence-corrected chi connectivity index (χ3v) is 5.92. The fourth-order valence-corrected chi connectivity index (χ4v) is 4.26. The van der Waals surface area contributed by atoms with Crippen molar-refractivity contribution in [2.24, 2.45) is 0 Å². The lowest BCUT2D eigenvalue weighted by atomic mass is 10.2. The Morgan fingerprint density at radius 2 is 1.65 bits per heavy atom. The van der Waals surface area contributed by atoms with E-state index in [9.17, 15) is 18.0 Å².